The van der Waals surface area contributed by atoms with E-state index in [1.54, 1.807) is 0 Å². The number of ether oxygens (including phenoxy) is 1. The molecule has 0 spiro atoms. The van der Waals surface area contributed by atoms with E-state index in [0.29, 0.717) is 12.8 Å². The topological polar surface area (TPSA) is 65.0 Å². The summed E-state index contributed by atoms with van der Waals surface area (Å²) in [6.07, 6.45) is 12.1. The maximum atomic E-state index is 11.5. The van der Waals surface area contributed by atoms with E-state index in [2.05, 4.69) is 111 Å². The monoisotopic (exact) mass is 646 g/mol. The van der Waals surface area contributed by atoms with Crippen LogP contribution in [0.25, 0.3) is 0 Å². The lowest BCUT2D eigenvalue weighted by atomic mass is 9.84. The average Bonchev–Trinajstić information content (AvgIpc) is 3.22. The Morgan fingerprint density at radius 1 is 0.955 bits per heavy atom. The quantitative estimate of drug-likeness (QED) is 0.0838. The highest BCUT2D eigenvalue weighted by molar-refractivity contribution is 6.74. The van der Waals surface area contributed by atoms with Crippen LogP contribution >= 0.6 is 0 Å². The molecule has 0 bridgehead atoms. The van der Waals surface area contributed by atoms with Gasteiger partial charge in [0.25, 0.3) is 0 Å². The van der Waals surface area contributed by atoms with Gasteiger partial charge in [-0.1, -0.05) is 104 Å². The molecule has 0 amide bonds. The van der Waals surface area contributed by atoms with Gasteiger partial charge in [0.05, 0.1) is 25.4 Å². The Hall–Kier alpha value is -1.26. The fourth-order valence-corrected chi connectivity index (χ4v) is 8.36. The number of carbonyl (C=O) groups excluding carboxylic acids is 1. The molecule has 1 aromatic rings. The van der Waals surface area contributed by atoms with E-state index in [9.17, 15) is 9.90 Å². The minimum absolute atomic E-state index is 0.0155. The molecule has 7 heteroatoms. The van der Waals surface area contributed by atoms with Crippen molar-refractivity contribution < 1.29 is 23.5 Å². The number of aliphatic hydroxyl groups is 1. The van der Waals surface area contributed by atoms with Gasteiger partial charge in [0, 0.05) is 12.3 Å². The van der Waals surface area contributed by atoms with Crippen LogP contribution in [0.4, 0.5) is 0 Å². The summed E-state index contributed by atoms with van der Waals surface area (Å²) in [6.45, 7) is 25.4. The van der Waals surface area contributed by atoms with Crippen molar-refractivity contribution >= 4 is 22.6 Å². The van der Waals surface area contributed by atoms with E-state index in [0.717, 1.165) is 25.7 Å². The highest BCUT2D eigenvalue weighted by Gasteiger charge is 2.48. The summed E-state index contributed by atoms with van der Waals surface area (Å²) in [5, 5.41) is 11.6. The Bertz CT molecular complexity index is 1040. The van der Waals surface area contributed by atoms with Crippen LogP contribution in [0.3, 0.4) is 0 Å². The standard InChI is InChI=1S/C37H66O5Si2/c1-13-14-17-21-32(41-43(9,10)36(2,3)4)28-23-25-29(26-24-28)35-30(20-18-15-16-19-22-34(39)40-8)31(38)27-33(35)42-44(11,12)37(5,6)7/h15,18,23-26,30-33,35,38H,13-14,16-17,19-22,27H2,1-12H3/b18-15-/t30-,31-,32?,33+,35+/m0/s1. The minimum Gasteiger partial charge on any atom is -0.469 e. The number of methoxy groups -OCH3 is 1. The smallest absolute Gasteiger partial charge is 0.305 e. The first kappa shape index (κ1) is 38.9. The fourth-order valence-electron chi connectivity index (χ4n) is 5.69. The van der Waals surface area contributed by atoms with E-state index in [-0.39, 0.29) is 40.1 Å². The molecule has 252 valence electrons. The molecule has 2 rings (SSSR count). The van der Waals surface area contributed by atoms with E-state index in [1.165, 1.54) is 37.5 Å². The molecule has 44 heavy (non-hydrogen) atoms. The molecule has 1 aliphatic carbocycles. The van der Waals surface area contributed by atoms with Gasteiger partial charge in [0.2, 0.25) is 0 Å². The molecule has 1 aliphatic rings. The fraction of sp³-hybridized carbons (Fsp3) is 0.757. The highest BCUT2D eigenvalue weighted by Crippen LogP contribution is 2.48. The zero-order valence-electron chi connectivity index (χ0n) is 30.3. The summed E-state index contributed by atoms with van der Waals surface area (Å²) in [6, 6.07) is 9.14. The third-order valence-electron chi connectivity index (χ3n) is 10.6. The lowest BCUT2D eigenvalue weighted by Crippen LogP contribution is -2.44. The van der Waals surface area contributed by atoms with E-state index in [1.807, 2.05) is 0 Å². The van der Waals surface area contributed by atoms with Gasteiger partial charge in [0.1, 0.15) is 0 Å². The Morgan fingerprint density at radius 3 is 2.11 bits per heavy atom. The number of carbonyl (C=O) groups is 1. The molecule has 1 saturated carbocycles. The number of rotatable bonds is 16. The predicted octanol–water partition coefficient (Wildman–Crippen LogP) is 10.5. The first-order valence-electron chi connectivity index (χ1n) is 17.2. The van der Waals surface area contributed by atoms with Crippen molar-refractivity contribution in [3.63, 3.8) is 0 Å². The molecule has 5 atom stereocenters. The molecule has 1 fully saturated rings. The van der Waals surface area contributed by atoms with E-state index in [4.69, 9.17) is 13.6 Å². The van der Waals surface area contributed by atoms with Crippen LogP contribution in [0.5, 0.6) is 0 Å². The number of unbranched alkanes of at least 4 members (excludes halogenated alkanes) is 3. The average molecular weight is 647 g/mol. The van der Waals surface area contributed by atoms with Gasteiger partial charge in [-0.2, -0.15) is 0 Å². The van der Waals surface area contributed by atoms with Crippen molar-refractivity contribution in [1.82, 2.24) is 0 Å². The van der Waals surface area contributed by atoms with Crippen molar-refractivity contribution in [1.29, 1.82) is 0 Å². The van der Waals surface area contributed by atoms with Crippen molar-refractivity contribution in [2.45, 2.75) is 167 Å². The maximum Gasteiger partial charge on any atom is 0.305 e. The van der Waals surface area contributed by atoms with Crippen LogP contribution in [0.1, 0.15) is 129 Å². The second kappa shape index (κ2) is 16.5. The second-order valence-corrected chi connectivity index (χ2v) is 25.6. The molecule has 5 nitrogen and oxygen atoms in total. The SMILES string of the molecule is CCCCCC(O[Si](C)(C)C(C)(C)C)c1ccc([C@@H]2[C@@H](C/C=C\CCCC(=O)OC)[C@@H](O)C[C@H]2O[Si](C)(C)C(C)(C)C)cc1. The largest absolute Gasteiger partial charge is 0.469 e. The molecule has 1 aromatic carbocycles. The molecular formula is C37H66O5Si2. The molecule has 0 saturated heterocycles. The third-order valence-corrected chi connectivity index (χ3v) is 19.6. The lowest BCUT2D eigenvalue weighted by molar-refractivity contribution is -0.140. The number of hydrogen-bond donors (Lipinski definition) is 1. The number of allylic oxidation sites excluding steroid dienone is 2. The molecule has 1 unspecified atom stereocenters. The van der Waals surface area contributed by atoms with Crippen LogP contribution in [0.15, 0.2) is 36.4 Å². The first-order chi connectivity index (χ1) is 20.3. The van der Waals surface area contributed by atoms with Gasteiger partial charge in [0.15, 0.2) is 16.6 Å². The minimum atomic E-state index is -2.05. The Kier molecular flexibility index (Phi) is 14.6. The van der Waals surface area contributed by atoms with Crippen molar-refractivity contribution in [3.05, 3.63) is 47.5 Å². The van der Waals surface area contributed by atoms with Gasteiger partial charge < -0.3 is 18.7 Å². The molecule has 1 N–H and O–H groups in total. The Balaban J connectivity index is 2.37. The summed E-state index contributed by atoms with van der Waals surface area (Å²) >= 11 is 0. The number of benzene rings is 1. The second-order valence-electron chi connectivity index (χ2n) is 16.1. The van der Waals surface area contributed by atoms with Crippen LogP contribution < -0.4 is 0 Å². The summed E-state index contributed by atoms with van der Waals surface area (Å²) in [5.41, 5.74) is 2.51. The van der Waals surface area contributed by atoms with Crippen molar-refractivity contribution in [3.8, 4) is 0 Å². The molecular weight excluding hydrogens is 581 g/mol. The Morgan fingerprint density at radius 2 is 1.57 bits per heavy atom. The summed E-state index contributed by atoms with van der Waals surface area (Å²) < 4.78 is 18.8. The van der Waals surface area contributed by atoms with Crippen molar-refractivity contribution in [2.75, 3.05) is 7.11 Å². The molecule has 0 heterocycles. The first-order valence-corrected chi connectivity index (χ1v) is 23.0. The van der Waals surface area contributed by atoms with Crippen LogP contribution in [-0.2, 0) is 18.4 Å². The van der Waals surface area contributed by atoms with Crippen LogP contribution in [-0.4, -0.2) is 47.0 Å². The van der Waals surface area contributed by atoms with Gasteiger partial charge in [-0.05, 0) is 85.4 Å². The zero-order chi connectivity index (χ0) is 33.3. The van der Waals surface area contributed by atoms with Crippen LogP contribution in [0, 0.1) is 5.92 Å². The molecule has 0 aromatic heterocycles. The van der Waals surface area contributed by atoms with Gasteiger partial charge in [-0.25, -0.2) is 0 Å². The Labute approximate surface area is 272 Å². The van der Waals surface area contributed by atoms with Gasteiger partial charge in [-0.3, -0.25) is 4.79 Å². The number of hydrogen-bond acceptors (Lipinski definition) is 5. The zero-order valence-corrected chi connectivity index (χ0v) is 32.3. The van der Waals surface area contributed by atoms with Gasteiger partial charge in [-0.15, -0.1) is 0 Å². The van der Waals surface area contributed by atoms with Gasteiger partial charge >= 0.3 is 5.97 Å². The number of esters is 1. The lowest BCUT2D eigenvalue weighted by Gasteiger charge is -2.40. The summed E-state index contributed by atoms with van der Waals surface area (Å²) in [4.78, 5) is 11.5. The number of aliphatic hydroxyl groups excluding tert-OH is 1. The highest BCUT2D eigenvalue weighted by atomic mass is 28.4. The summed E-state index contributed by atoms with van der Waals surface area (Å²) in [7, 11) is -2.56. The van der Waals surface area contributed by atoms with E-state index >= 15 is 0 Å². The normalized spacial score (nSPS) is 22.5. The van der Waals surface area contributed by atoms with Crippen LogP contribution in [0.2, 0.25) is 36.3 Å². The maximum absolute atomic E-state index is 11.5. The summed E-state index contributed by atoms with van der Waals surface area (Å²) in [5.74, 6) is 0.0325. The van der Waals surface area contributed by atoms with Crippen molar-refractivity contribution in [2.24, 2.45) is 5.92 Å². The molecule has 0 radical (unpaired) electrons. The molecule has 0 aliphatic heterocycles. The van der Waals surface area contributed by atoms with E-state index < -0.39 is 22.7 Å². The third kappa shape index (κ3) is 10.9. The predicted molar refractivity (Wildman–Crippen MR) is 190 cm³/mol.